The van der Waals surface area contributed by atoms with E-state index in [9.17, 15) is 9.90 Å². The van der Waals surface area contributed by atoms with Crippen molar-refractivity contribution in [2.75, 3.05) is 35.0 Å². The second kappa shape index (κ2) is 9.29. The summed E-state index contributed by atoms with van der Waals surface area (Å²) >= 11 is 0. The Balaban J connectivity index is 2.79. The first-order chi connectivity index (χ1) is 13.1. The Morgan fingerprint density at radius 2 is 1.85 bits per heavy atom. The molecule has 2 rings (SSSR count). The Hall–Kier alpha value is -2.71. The van der Waals surface area contributed by atoms with Gasteiger partial charge >= 0.3 is 5.97 Å². The summed E-state index contributed by atoms with van der Waals surface area (Å²) in [7, 11) is 6.37. The molecule has 1 aromatic carbocycles. The van der Waals surface area contributed by atoms with Crippen molar-refractivity contribution in [3.8, 4) is 28.4 Å². The second-order valence-electron chi connectivity index (χ2n) is 5.62. The van der Waals surface area contributed by atoms with Gasteiger partial charge in [-0.05, 0) is 26.1 Å². The fourth-order valence-corrected chi connectivity index (χ4v) is 3.06. The summed E-state index contributed by atoms with van der Waals surface area (Å²) in [4.78, 5) is 15.4. The number of nitrogens with one attached hydrogen (secondary N) is 2. The number of aliphatic hydroxyl groups excluding tert-OH is 1. The summed E-state index contributed by atoms with van der Waals surface area (Å²) in [6, 6.07) is 3.55. The molecule has 27 heavy (non-hydrogen) atoms. The van der Waals surface area contributed by atoms with Crippen molar-refractivity contribution in [1.29, 1.82) is 0 Å². The minimum Gasteiger partial charge on any atom is -0.493 e. The molecule has 0 aliphatic heterocycles. The van der Waals surface area contributed by atoms with E-state index in [-0.39, 0.29) is 18.9 Å². The fraction of sp³-hybridized carbons (Fsp3) is 0.421. The Morgan fingerprint density at radius 1 is 1.15 bits per heavy atom. The molecule has 0 radical (unpaired) electrons. The van der Waals surface area contributed by atoms with Crippen LogP contribution < -0.4 is 19.5 Å². The largest absolute Gasteiger partial charge is 0.493 e. The SMILES string of the molecule is CCOC(=O)c1[nH]c(CNC)c(-c2ccc(OC)c(OC)c2OC)c1CO. The molecule has 8 heteroatoms. The maximum atomic E-state index is 12.3. The number of rotatable bonds is 9. The molecule has 0 spiro atoms. The first kappa shape index (κ1) is 20.6. The Bertz CT molecular complexity index is 800. The number of aliphatic hydroxyl groups is 1. The highest BCUT2D eigenvalue weighted by Gasteiger charge is 2.27. The molecular weight excluding hydrogens is 352 g/mol. The lowest BCUT2D eigenvalue weighted by Gasteiger charge is -2.17. The second-order valence-corrected chi connectivity index (χ2v) is 5.62. The average molecular weight is 378 g/mol. The molecule has 0 saturated heterocycles. The molecule has 0 unspecified atom stereocenters. The summed E-state index contributed by atoms with van der Waals surface area (Å²) in [6.07, 6.45) is 0. The van der Waals surface area contributed by atoms with Crippen molar-refractivity contribution in [1.82, 2.24) is 10.3 Å². The van der Waals surface area contributed by atoms with Crippen LogP contribution >= 0.6 is 0 Å². The minimum absolute atomic E-state index is 0.219. The molecule has 2 aromatic rings. The predicted octanol–water partition coefficient (Wildman–Crippen LogP) is 2.10. The number of hydrogen-bond donors (Lipinski definition) is 3. The number of H-pyrrole nitrogens is 1. The van der Waals surface area contributed by atoms with Gasteiger partial charge in [0.1, 0.15) is 5.69 Å². The fourth-order valence-electron chi connectivity index (χ4n) is 3.06. The van der Waals surface area contributed by atoms with E-state index in [1.165, 1.54) is 21.3 Å². The molecule has 1 heterocycles. The van der Waals surface area contributed by atoms with Gasteiger partial charge in [0.25, 0.3) is 0 Å². The number of benzene rings is 1. The van der Waals surface area contributed by atoms with Gasteiger partial charge in [0.15, 0.2) is 11.5 Å². The quantitative estimate of drug-likeness (QED) is 0.574. The van der Waals surface area contributed by atoms with Crippen LogP contribution in [0.1, 0.15) is 28.7 Å². The van der Waals surface area contributed by atoms with E-state index < -0.39 is 5.97 Å². The first-order valence-corrected chi connectivity index (χ1v) is 8.53. The van der Waals surface area contributed by atoms with Crippen molar-refractivity contribution in [3.63, 3.8) is 0 Å². The molecule has 148 valence electrons. The zero-order valence-corrected chi connectivity index (χ0v) is 16.3. The van der Waals surface area contributed by atoms with E-state index in [1.54, 1.807) is 26.1 Å². The van der Waals surface area contributed by atoms with E-state index in [0.717, 1.165) is 5.69 Å². The number of aromatic nitrogens is 1. The van der Waals surface area contributed by atoms with Crippen LogP contribution in [-0.2, 0) is 17.9 Å². The predicted molar refractivity (Wildman–Crippen MR) is 101 cm³/mol. The van der Waals surface area contributed by atoms with Crippen LogP contribution in [0.15, 0.2) is 12.1 Å². The van der Waals surface area contributed by atoms with Crippen LogP contribution in [0, 0.1) is 0 Å². The smallest absolute Gasteiger partial charge is 0.355 e. The Kier molecular flexibility index (Phi) is 7.09. The third-order valence-corrected chi connectivity index (χ3v) is 4.15. The van der Waals surface area contributed by atoms with Gasteiger partial charge in [0.05, 0.1) is 34.5 Å². The van der Waals surface area contributed by atoms with Gasteiger partial charge in [-0.2, -0.15) is 0 Å². The number of carbonyl (C=O) groups is 1. The lowest BCUT2D eigenvalue weighted by Crippen LogP contribution is -2.09. The molecule has 0 atom stereocenters. The Morgan fingerprint density at radius 3 is 2.37 bits per heavy atom. The first-order valence-electron chi connectivity index (χ1n) is 8.53. The normalized spacial score (nSPS) is 10.6. The molecule has 8 nitrogen and oxygen atoms in total. The Labute approximate surface area is 158 Å². The summed E-state index contributed by atoms with van der Waals surface area (Å²) in [5.41, 5.74) is 2.69. The average Bonchev–Trinajstić information content (AvgIpc) is 3.05. The van der Waals surface area contributed by atoms with Crippen LogP contribution in [0.25, 0.3) is 11.1 Å². The van der Waals surface area contributed by atoms with Gasteiger partial charge in [-0.15, -0.1) is 0 Å². The van der Waals surface area contributed by atoms with Crippen LogP contribution in [0.4, 0.5) is 0 Å². The highest BCUT2D eigenvalue weighted by molar-refractivity contribution is 5.94. The molecule has 0 aliphatic rings. The van der Waals surface area contributed by atoms with Crippen molar-refractivity contribution < 1.29 is 28.8 Å². The summed E-state index contributed by atoms with van der Waals surface area (Å²) in [6.45, 7) is 2.06. The van der Waals surface area contributed by atoms with E-state index in [2.05, 4.69) is 10.3 Å². The van der Waals surface area contributed by atoms with Gasteiger partial charge in [-0.1, -0.05) is 0 Å². The number of esters is 1. The monoisotopic (exact) mass is 378 g/mol. The van der Waals surface area contributed by atoms with Crippen molar-refractivity contribution in [2.24, 2.45) is 0 Å². The maximum Gasteiger partial charge on any atom is 0.355 e. The summed E-state index contributed by atoms with van der Waals surface area (Å²) < 4.78 is 21.5. The van der Waals surface area contributed by atoms with Crippen molar-refractivity contribution in [3.05, 3.63) is 29.1 Å². The third kappa shape index (κ3) is 3.86. The van der Waals surface area contributed by atoms with E-state index in [1.807, 2.05) is 0 Å². The molecule has 0 aliphatic carbocycles. The number of carbonyl (C=O) groups excluding carboxylic acids is 1. The van der Waals surface area contributed by atoms with Crippen LogP contribution in [0.5, 0.6) is 17.2 Å². The molecular formula is C19H26N2O6. The summed E-state index contributed by atoms with van der Waals surface area (Å²) in [5.74, 6) is 0.860. The highest BCUT2D eigenvalue weighted by Crippen LogP contribution is 2.46. The van der Waals surface area contributed by atoms with E-state index in [0.29, 0.717) is 40.5 Å². The molecule has 1 aromatic heterocycles. The number of aromatic amines is 1. The lowest BCUT2D eigenvalue weighted by atomic mass is 9.98. The topological polar surface area (TPSA) is 102 Å². The van der Waals surface area contributed by atoms with E-state index >= 15 is 0 Å². The van der Waals surface area contributed by atoms with E-state index in [4.69, 9.17) is 18.9 Å². The van der Waals surface area contributed by atoms with Gasteiger partial charge in [0.2, 0.25) is 5.75 Å². The summed E-state index contributed by atoms with van der Waals surface area (Å²) in [5, 5.41) is 13.1. The van der Waals surface area contributed by atoms with Gasteiger partial charge < -0.3 is 34.4 Å². The standard InChI is InChI=1S/C19H26N2O6/c1-6-27-19(23)16-12(10-22)15(13(21-16)9-20-2)11-7-8-14(24-3)18(26-5)17(11)25-4/h7-8,20-22H,6,9-10H2,1-5H3. The molecule has 3 N–H and O–H groups in total. The van der Waals surface area contributed by atoms with Gasteiger partial charge in [0, 0.05) is 28.9 Å². The lowest BCUT2D eigenvalue weighted by molar-refractivity contribution is 0.0516. The van der Waals surface area contributed by atoms with Crippen LogP contribution in [0.3, 0.4) is 0 Å². The van der Waals surface area contributed by atoms with Gasteiger partial charge in [-0.25, -0.2) is 4.79 Å². The molecule has 0 fully saturated rings. The van der Waals surface area contributed by atoms with Crippen LogP contribution in [0.2, 0.25) is 0 Å². The highest BCUT2D eigenvalue weighted by atomic mass is 16.5. The number of methoxy groups -OCH3 is 3. The number of ether oxygens (including phenoxy) is 4. The zero-order valence-electron chi connectivity index (χ0n) is 16.3. The van der Waals surface area contributed by atoms with Crippen LogP contribution in [-0.4, -0.2) is 51.0 Å². The minimum atomic E-state index is -0.524. The van der Waals surface area contributed by atoms with Crippen molar-refractivity contribution >= 4 is 5.97 Å². The zero-order chi connectivity index (χ0) is 20.0. The molecule has 0 bridgehead atoms. The third-order valence-electron chi connectivity index (χ3n) is 4.15. The van der Waals surface area contributed by atoms with Gasteiger partial charge in [-0.3, -0.25) is 0 Å². The number of hydrogen-bond acceptors (Lipinski definition) is 7. The molecule has 0 saturated carbocycles. The maximum absolute atomic E-state index is 12.3. The van der Waals surface area contributed by atoms with Crippen molar-refractivity contribution in [2.45, 2.75) is 20.1 Å². The molecule has 0 amide bonds.